The molecule has 1 aromatic heterocycles. The molecule has 7 rings (SSSR count). The van der Waals surface area contributed by atoms with Crippen LogP contribution in [0.5, 0.6) is 0 Å². The molecule has 3 saturated heterocycles. The van der Waals surface area contributed by atoms with Gasteiger partial charge in [0.2, 0.25) is 5.91 Å². The number of rotatable bonds is 7. The molecule has 0 bridgehead atoms. The number of hydroxylamine groups is 2. The molecule has 3 fully saturated rings. The third kappa shape index (κ3) is 7.71. The molecule has 4 aliphatic rings. The Balaban J connectivity index is 0.964. The van der Waals surface area contributed by atoms with Crippen LogP contribution in [0.4, 0.5) is 15.3 Å². The van der Waals surface area contributed by atoms with E-state index >= 15 is 0 Å². The van der Waals surface area contributed by atoms with E-state index in [9.17, 15) is 14.4 Å². The maximum atomic E-state index is 14.1. The average molecular weight is 671 g/mol. The van der Waals surface area contributed by atoms with Crippen LogP contribution in [0.1, 0.15) is 42.4 Å². The number of amides is 4. The lowest BCUT2D eigenvalue weighted by molar-refractivity contribution is -0.138. The van der Waals surface area contributed by atoms with Crippen molar-refractivity contribution in [1.82, 2.24) is 35.0 Å². The third-order valence-electron chi connectivity index (χ3n) is 11.0. The topological polar surface area (TPSA) is 116 Å². The lowest BCUT2D eigenvalue weighted by Gasteiger charge is -2.42. The number of aromatic nitrogens is 1. The molecule has 0 aliphatic carbocycles. The molecule has 1 atom stereocenters. The quantitative estimate of drug-likeness (QED) is 0.350. The number of hydrogen-bond acceptors (Lipinski definition) is 7. The van der Waals surface area contributed by atoms with Gasteiger partial charge in [0.05, 0.1) is 0 Å². The summed E-state index contributed by atoms with van der Waals surface area (Å²) in [5.74, 6) is -0.0707. The Morgan fingerprint density at radius 1 is 0.918 bits per heavy atom. The second-order valence-corrected chi connectivity index (χ2v) is 14.2. The fourth-order valence-corrected chi connectivity index (χ4v) is 8.15. The monoisotopic (exact) mass is 670 g/mol. The van der Waals surface area contributed by atoms with Gasteiger partial charge in [-0.25, -0.2) is 9.59 Å². The van der Waals surface area contributed by atoms with Crippen molar-refractivity contribution in [3.63, 3.8) is 0 Å². The number of piperazine rings is 1. The van der Waals surface area contributed by atoms with Gasteiger partial charge in [-0.2, -0.15) is 0 Å². The summed E-state index contributed by atoms with van der Waals surface area (Å²) in [4.78, 5) is 58.4. The van der Waals surface area contributed by atoms with Crippen LogP contribution in [0.25, 0.3) is 10.9 Å². The summed E-state index contributed by atoms with van der Waals surface area (Å²) < 4.78 is 0. The van der Waals surface area contributed by atoms with Crippen molar-refractivity contribution in [3.05, 3.63) is 65.4 Å². The number of H-pyrrole nitrogens is 1. The molecule has 0 saturated carbocycles. The molecule has 262 valence electrons. The molecule has 3 N–H and O–H groups in total. The molecule has 3 aromatic rings. The SMILES string of the molecule is Cc1cc(CC(NC(=O)ON2CCC(N3CCc4ccccc4NC3=O)CC2)C(=O)N2CCN(C3CCN(C)CC3)CC2)cc2cc[nH]c12. The van der Waals surface area contributed by atoms with Crippen LogP contribution in [-0.4, -0.2) is 132 Å². The Hall–Kier alpha value is -4.13. The zero-order chi connectivity index (χ0) is 33.9. The van der Waals surface area contributed by atoms with Gasteiger partial charge in [-0.15, -0.1) is 5.06 Å². The summed E-state index contributed by atoms with van der Waals surface area (Å²) in [6.07, 6.45) is 6.19. The maximum Gasteiger partial charge on any atom is 0.426 e. The molecule has 4 amide bonds. The van der Waals surface area contributed by atoms with Crippen molar-refractivity contribution in [2.24, 2.45) is 0 Å². The summed E-state index contributed by atoms with van der Waals surface area (Å²) in [7, 11) is 2.18. The largest absolute Gasteiger partial charge is 0.426 e. The van der Waals surface area contributed by atoms with E-state index in [4.69, 9.17) is 4.84 Å². The molecular formula is C37H50N8O4. The van der Waals surface area contributed by atoms with Crippen LogP contribution in [-0.2, 0) is 22.5 Å². The van der Waals surface area contributed by atoms with E-state index in [2.05, 4.69) is 57.6 Å². The highest BCUT2D eigenvalue weighted by molar-refractivity contribution is 5.91. The summed E-state index contributed by atoms with van der Waals surface area (Å²) in [6, 6.07) is 14.0. The fourth-order valence-electron chi connectivity index (χ4n) is 8.15. The van der Waals surface area contributed by atoms with Gasteiger partial charge in [0, 0.05) is 81.7 Å². The number of likely N-dealkylation sites (tertiary alicyclic amines) is 1. The van der Waals surface area contributed by atoms with E-state index < -0.39 is 12.1 Å². The lowest BCUT2D eigenvalue weighted by atomic mass is 10.00. The minimum atomic E-state index is -0.752. The van der Waals surface area contributed by atoms with Crippen molar-refractivity contribution >= 4 is 34.6 Å². The van der Waals surface area contributed by atoms with Gasteiger partial charge in [0.15, 0.2) is 0 Å². The Labute approximate surface area is 288 Å². The number of aromatic amines is 1. The number of nitrogens with zero attached hydrogens (tertiary/aromatic N) is 5. The number of piperidine rings is 2. The minimum Gasteiger partial charge on any atom is -0.361 e. The summed E-state index contributed by atoms with van der Waals surface area (Å²) >= 11 is 0. The zero-order valence-corrected chi connectivity index (χ0v) is 28.8. The number of benzene rings is 2. The van der Waals surface area contributed by atoms with Gasteiger partial charge in [-0.05, 0) is 99.4 Å². The highest BCUT2D eigenvalue weighted by atomic mass is 16.7. The number of hydrogen-bond donors (Lipinski definition) is 3. The van der Waals surface area contributed by atoms with Crippen molar-refractivity contribution in [2.75, 3.05) is 71.3 Å². The standard InChI is InChI=1S/C37H50N8O4/c1-26-23-27(24-29-7-13-38-34(26)29)25-33(35(46)43-21-19-42(20-22-43)30-9-14-41(2)15-10-30)40-37(48)49-44-16-11-31(12-17-44)45-18-8-28-5-3-4-6-32(28)39-36(45)47/h3-7,13,23-24,30-31,33,38H,8-12,14-22,25H2,1-2H3,(H,39,47)(H,40,48). The van der Waals surface area contributed by atoms with Crippen LogP contribution in [0.15, 0.2) is 48.7 Å². The third-order valence-corrected chi connectivity index (χ3v) is 11.0. The van der Waals surface area contributed by atoms with Crippen molar-refractivity contribution in [2.45, 2.75) is 63.6 Å². The zero-order valence-electron chi connectivity index (χ0n) is 28.8. The fraction of sp³-hybridized carbons (Fsp3) is 0.541. The minimum absolute atomic E-state index is 0.0614. The Bertz CT molecular complexity index is 1640. The van der Waals surface area contributed by atoms with Gasteiger partial charge in [0.25, 0.3) is 0 Å². The second kappa shape index (κ2) is 14.8. The maximum absolute atomic E-state index is 14.1. The highest BCUT2D eigenvalue weighted by Crippen LogP contribution is 2.25. The van der Waals surface area contributed by atoms with Crippen molar-refractivity contribution < 1.29 is 19.2 Å². The first kappa shape index (κ1) is 33.4. The number of aryl methyl sites for hydroxylation is 1. The molecule has 2 aromatic carbocycles. The molecule has 49 heavy (non-hydrogen) atoms. The number of carbonyl (C=O) groups excluding carboxylic acids is 3. The van der Waals surface area contributed by atoms with Gasteiger partial charge in [-0.3, -0.25) is 9.69 Å². The first-order valence-corrected chi connectivity index (χ1v) is 18.0. The molecular weight excluding hydrogens is 620 g/mol. The molecule has 1 unspecified atom stereocenters. The lowest BCUT2D eigenvalue weighted by Crippen LogP contribution is -2.58. The smallest absolute Gasteiger partial charge is 0.361 e. The van der Waals surface area contributed by atoms with Gasteiger partial charge >= 0.3 is 12.1 Å². The van der Waals surface area contributed by atoms with E-state index in [1.54, 1.807) is 5.06 Å². The predicted molar refractivity (Wildman–Crippen MR) is 189 cm³/mol. The normalized spacial score (nSPS) is 21.2. The Morgan fingerprint density at radius 2 is 1.65 bits per heavy atom. The van der Waals surface area contributed by atoms with Crippen molar-refractivity contribution in [3.8, 4) is 0 Å². The Morgan fingerprint density at radius 3 is 2.43 bits per heavy atom. The van der Waals surface area contributed by atoms with Crippen LogP contribution < -0.4 is 10.6 Å². The number of anilines is 1. The summed E-state index contributed by atoms with van der Waals surface area (Å²) in [5, 5.41) is 8.76. The average Bonchev–Trinajstić information content (AvgIpc) is 3.52. The second-order valence-electron chi connectivity index (χ2n) is 14.2. The number of para-hydroxylation sites is 1. The van der Waals surface area contributed by atoms with Crippen LogP contribution in [0, 0.1) is 6.92 Å². The summed E-state index contributed by atoms with van der Waals surface area (Å²) in [5.41, 5.74) is 5.19. The predicted octanol–water partition coefficient (Wildman–Crippen LogP) is 3.82. The number of fused-ring (bicyclic) bond motifs is 2. The van der Waals surface area contributed by atoms with Gasteiger partial charge in [-0.1, -0.05) is 24.3 Å². The van der Waals surface area contributed by atoms with E-state index in [1.165, 1.54) is 0 Å². The first-order chi connectivity index (χ1) is 23.8. The Kier molecular flexibility index (Phi) is 10.1. The van der Waals surface area contributed by atoms with Crippen LogP contribution >= 0.6 is 0 Å². The van der Waals surface area contributed by atoms with Gasteiger partial charge in [0.1, 0.15) is 6.04 Å². The first-order valence-electron chi connectivity index (χ1n) is 18.0. The van der Waals surface area contributed by atoms with Crippen LogP contribution in [0.2, 0.25) is 0 Å². The van der Waals surface area contributed by atoms with E-state index in [-0.39, 0.29) is 18.0 Å². The highest BCUT2D eigenvalue weighted by Gasteiger charge is 2.34. The molecule has 12 nitrogen and oxygen atoms in total. The van der Waals surface area contributed by atoms with Gasteiger partial charge < -0.3 is 35.2 Å². The van der Waals surface area contributed by atoms with Crippen LogP contribution in [0.3, 0.4) is 0 Å². The molecule has 0 spiro atoms. The molecule has 0 radical (unpaired) electrons. The molecule has 5 heterocycles. The summed E-state index contributed by atoms with van der Waals surface area (Å²) in [6.45, 7) is 8.95. The van der Waals surface area contributed by atoms with E-state index in [0.717, 1.165) is 78.7 Å². The molecule has 12 heteroatoms. The number of nitrogens with one attached hydrogen (secondary N) is 3. The number of carbonyl (C=O) groups is 3. The van der Waals surface area contributed by atoms with E-state index in [0.29, 0.717) is 58.0 Å². The molecule has 4 aliphatic heterocycles. The van der Waals surface area contributed by atoms with Crippen molar-refractivity contribution in [1.29, 1.82) is 0 Å². The number of urea groups is 1. The van der Waals surface area contributed by atoms with E-state index in [1.807, 2.05) is 40.3 Å².